The molecule has 4 aliphatic heterocycles. The summed E-state index contributed by atoms with van der Waals surface area (Å²) >= 11 is -3.94. The number of fused-ring (bicyclic) bond motifs is 7. The summed E-state index contributed by atoms with van der Waals surface area (Å²) in [4.78, 5) is 99.5. The molecule has 18 nitrogen and oxygen atoms in total. The van der Waals surface area contributed by atoms with Crippen LogP contribution in [0.2, 0.25) is 0 Å². The van der Waals surface area contributed by atoms with Crippen molar-refractivity contribution >= 4 is 65.7 Å². The monoisotopic (exact) mass is 834 g/mol. The van der Waals surface area contributed by atoms with E-state index in [-0.39, 0.29) is 68.3 Å². The number of carbonyl (C=O) groups is 7. The van der Waals surface area contributed by atoms with Crippen LogP contribution in [-0.4, -0.2) is 197 Å². The Bertz CT molecular complexity index is 1340. The first-order valence-electron chi connectivity index (χ1n) is 19.7. The van der Waals surface area contributed by atoms with Gasteiger partial charge in [0.2, 0.25) is 11.8 Å². The number of unbranched alkanes of at least 4 members (excludes halogenated alkanes) is 2. The van der Waals surface area contributed by atoms with Crippen LogP contribution in [0, 0.1) is 11.8 Å². The smallest absolute Gasteiger partial charge is 0.426 e. The van der Waals surface area contributed by atoms with Gasteiger partial charge in [-0.3, -0.25) is 14.4 Å². The van der Waals surface area contributed by atoms with E-state index in [0.29, 0.717) is 97.4 Å². The molecule has 55 heavy (non-hydrogen) atoms. The van der Waals surface area contributed by atoms with Crippen molar-refractivity contribution in [1.29, 1.82) is 0 Å². The van der Waals surface area contributed by atoms with Crippen molar-refractivity contribution in [2.75, 3.05) is 85.1 Å². The Morgan fingerprint density at radius 3 is 1.73 bits per heavy atom. The average Bonchev–Trinajstić information content (AvgIpc) is 3.60. The molecule has 2 unspecified atom stereocenters. The van der Waals surface area contributed by atoms with Crippen LogP contribution in [0.1, 0.15) is 72.1 Å². The SMILES string of the molecule is CC(C)[C@H](CC(=O)CCCCCC(=O)CN1CCN2CCN3CCN(CC1)CC(=O)[O][Ga]([O]C(=O)C2)[O]C(=O)C3)C(=O)N[C@H](C)C(=O)N1CCC[C@H]1B(O)O. The maximum absolute atomic E-state index is 13.2. The van der Waals surface area contributed by atoms with Gasteiger partial charge in [0.15, 0.2) is 0 Å². The second-order valence-electron chi connectivity index (χ2n) is 15.4. The van der Waals surface area contributed by atoms with Gasteiger partial charge in [-0.15, -0.1) is 0 Å². The molecule has 0 aliphatic carbocycles. The Balaban J connectivity index is 1.22. The number of likely N-dealkylation sites (tertiary alicyclic amines) is 1. The number of carbonyl (C=O) groups excluding carboxylic acids is 7. The molecule has 0 aromatic heterocycles. The Kier molecular flexibility index (Phi) is 18.1. The maximum atomic E-state index is 13.2. The summed E-state index contributed by atoms with van der Waals surface area (Å²) < 4.78 is 16.1. The normalized spacial score (nSPS) is 25.4. The predicted octanol–water partition coefficient (Wildman–Crippen LogP) is -1.89. The number of rotatable bonds is 15. The van der Waals surface area contributed by atoms with E-state index in [1.165, 1.54) is 4.90 Å². The van der Waals surface area contributed by atoms with Gasteiger partial charge in [0, 0.05) is 25.3 Å². The molecule has 20 heteroatoms. The summed E-state index contributed by atoms with van der Waals surface area (Å²) in [5.74, 6) is -4.07. The van der Waals surface area contributed by atoms with Crippen molar-refractivity contribution in [2.24, 2.45) is 11.8 Å². The first-order chi connectivity index (χ1) is 26.2. The molecule has 4 bridgehead atoms. The molecule has 2 amide bonds. The number of hydrogen-bond donors (Lipinski definition) is 3. The van der Waals surface area contributed by atoms with E-state index >= 15 is 0 Å². The van der Waals surface area contributed by atoms with E-state index in [1.54, 1.807) is 6.92 Å². The van der Waals surface area contributed by atoms with Crippen molar-refractivity contribution in [3.05, 3.63) is 0 Å². The van der Waals surface area contributed by atoms with Gasteiger partial charge in [0.05, 0.1) is 5.94 Å². The first-order valence-corrected chi connectivity index (χ1v) is 22.6. The van der Waals surface area contributed by atoms with Crippen molar-refractivity contribution < 1.29 is 54.2 Å². The van der Waals surface area contributed by atoms with E-state index in [0.717, 1.165) is 0 Å². The predicted molar refractivity (Wildman–Crippen MR) is 198 cm³/mol. The minimum atomic E-state index is -3.94. The molecule has 306 valence electrons. The van der Waals surface area contributed by atoms with E-state index in [1.807, 2.05) is 33.4 Å². The fourth-order valence-corrected chi connectivity index (χ4v) is 9.52. The van der Waals surface area contributed by atoms with E-state index in [4.69, 9.17) is 10.6 Å². The summed E-state index contributed by atoms with van der Waals surface area (Å²) in [5.41, 5.74) is 0. The van der Waals surface area contributed by atoms with Crippen LogP contribution in [0.4, 0.5) is 0 Å². The van der Waals surface area contributed by atoms with E-state index in [9.17, 15) is 43.6 Å². The fraction of sp³-hybridized carbons (Fsp3) is 0.800. The van der Waals surface area contributed by atoms with Gasteiger partial charge < -0.3 is 20.3 Å². The second kappa shape index (κ2) is 22.2. The van der Waals surface area contributed by atoms with Crippen LogP contribution < -0.4 is 5.32 Å². The maximum Gasteiger partial charge on any atom is 0.475 e. The summed E-state index contributed by atoms with van der Waals surface area (Å²) in [6.07, 6.45) is 3.61. The molecule has 5 atom stereocenters. The van der Waals surface area contributed by atoms with Gasteiger partial charge in [-0.05, 0) is 32.1 Å². The third-order valence-corrected chi connectivity index (χ3v) is 13.6. The fourth-order valence-electron chi connectivity index (χ4n) is 7.40. The number of ketones is 2. The Morgan fingerprint density at radius 1 is 0.745 bits per heavy atom. The van der Waals surface area contributed by atoms with Crippen LogP contribution in [0.3, 0.4) is 0 Å². The van der Waals surface area contributed by atoms with Crippen LogP contribution in [0.25, 0.3) is 0 Å². The van der Waals surface area contributed by atoms with Crippen molar-refractivity contribution in [2.45, 2.75) is 84.1 Å². The van der Waals surface area contributed by atoms with Gasteiger partial charge in [0.25, 0.3) is 0 Å². The standard InChI is InChI=1S/C35H61BN6O12.Ga/c1-25(2)29(34(51)37-26(3)35(52)42-11-7-10-30(42)36(53)54)20-27(43)8-5-4-6-9-28(44)21-38-12-14-39(22-31(45)46)16-18-41(24-33(49)50)19-17-40(15-13-38)23-32(47)48;/h25-26,29-30,53-54H,4-24H2,1-3H3,(H,37,51)(H,45,46)(H,47,48)(H,49,50);/q;+3/p-3/t26-,29+,30+;/m1./s1. The molecule has 0 radical (unpaired) electrons. The van der Waals surface area contributed by atoms with E-state index in [2.05, 4.69) is 5.32 Å². The van der Waals surface area contributed by atoms with Crippen LogP contribution in [-0.2, 0) is 44.1 Å². The molecule has 4 fully saturated rings. The molecule has 4 saturated heterocycles. The molecule has 4 aliphatic rings. The quantitative estimate of drug-likeness (QED) is 0.121. The number of nitrogens with zero attached hydrogens (tertiary/aromatic N) is 5. The largest absolute Gasteiger partial charge is 0.475 e. The number of amides is 2. The summed E-state index contributed by atoms with van der Waals surface area (Å²) in [7, 11) is -1.65. The second-order valence-corrected chi connectivity index (χ2v) is 18.1. The Morgan fingerprint density at radius 2 is 1.24 bits per heavy atom. The van der Waals surface area contributed by atoms with Crippen LogP contribution in [0.5, 0.6) is 0 Å². The van der Waals surface area contributed by atoms with Gasteiger partial charge in [0.1, 0.15) is 11.8 Å². The molecular weight excluding hydrogens is 777 g/mol. The van der Waals surface area contributed by atoms with Gasteiger partial charge in [-0.25, -0.2) is 0 Å². The third kappa shape index (κ3) is 14.9. The minimum absolute atomic E-state index is 0.00559. The van der Waals surface area contributed by atoms with Crippen molar-refractivity contribution in [3.8, 4) is 0 Å². The Hall–Kier alpha value is -2.85. The summed E-state index contributed by atoms with van der Waals surface area (Å²) in [6, 6.07) is -0.874. The molecule has 0 saturated carbocycles. The van der Waals surface area contributed by atoms with Gasteiger partial charge in [-0.1, -0.05) is 13.8 Å². The van der Waals surface area contributed by atoms with Crippen molar-refractivity contribution in [1.82, 2.24) is 29.8 Å². The van der Waals surface area contributed by atoms with E-state index < -0.39 is 60.2 Å². The van der Waals surface area contributed by atoms with Gasteiger partial charge in [-0.2, -0.15) is 0 Å². The molecule has 0 aromatic carbocycles. The minimum Gasteiger partial charge on any atom is -0.426 e. The number of hydrogen-bond acceptors (Lipinski definition) is 16. The Labute approximate surface area is 329 Å². The zero-order valence-corrected chi connectivity index (χ0v) is 34.9. The molecule has 3 N–H and O–H groups in total. The molecule has 4 rings (SSSR count). The average molecular weight is 835 g/mol. The van der Waals surface area contributed by atoms with Gasteiger partial charge >= 0.3 is 195 Å². The number of nitrogens with one attached hydrogen (secondary N) is 1. The topological polar surface area (TPSA) is 216 Å². The van der Waals surface area contributed by atoms with Crippen LogP contribution in [0.15, 0.2) is 0 Å². The third-order valence-electron chi connectivity index (χ3n) is 10.7. The zero-order chi connectivity index (χ0) is 40.1. The molecule has 0 aromatic rings. The zero-order valence-electron chi connectivity index (χ0n) is 32.5. The van der Waals surface area contributed by atoms with Crippen molar-refractivity contribution in [3.63, 3.8) is 0 Å². The van der Waals surface area contributed by atoms with Crippen LogP contribution >= 0.6 is 0 Å². The first kappa shape index (κ1) is 44.9. The molecule has 0 spiro atoms. The molecular formula is C35H58BGaN6O12. The molecule has 4 heterocycles. The summed E-state index contributed by atoms with van der Waals surface area (Å²) in [5, 5.41) is 22.0. The number of Topliss-reactive ketones (excluding diaryl/α,β-unsaturated/α-hetero) is 2. The summed E-state index contributed by atoms with van der Waals surface area (Å²) in [6.45, 7) is 9.74.